The van der Waals surface area contributed by atoms with Crippen LogP contribution in [-0.4, -0.2) is 25.8 Å². The van der Waals surface area contributed by atoms with Crippen LogP contribution in [0, 0.1) is 0 Å². The van der Waals surface area contributed by atoms with Crippen molar-refractivity contribution in [3.05, 3.63) is 47.0 Å². The van der Waals surface area contributed by atoms with Gasteiger partial charge in [0.25, 0.3) is 0 Å². The lowest BCUT2D eigenvalue weighted by Crippen LogP contribution is -2.15. The number of aliphatic hydroxyl groups excluding tert-OH is 1. The quantitative estimate of drug-likeness (QED) is 0.828. The van der Waals surface area contributed by atoms with Gasteiger partial charge in [0.1, 0.15) is 6.10 Å². The third-order valence-electron chi connectivity index (χ3n) is 3.21. The van der Waals surface area contributed by atoms with E-state index in [2.05, 4.69) is 29.1 Å². The third-order valence-corrected chi connectivity index (χ3v) is 3.21. The number of benzene rings is 1. The van der Waals surface area contributed by atoms with Crippen LogP contribution in [0.25, 0.3) is 0 Å². The van der Waals surface area contributed by atoms with Crippen molar-refractivity contribution in [2.45, 2.75) is 39.3 Å². The fourth-order valence-corrected chi connectivity index (χ4v) is 2.11. The van der Waals surface area contributed by atoms with E-state index in [-0.39, 0.29) is 6.42 Å². The Bertz CT molecular complexity index is 617. The fraction of sp³-hybridized carbons (Fsp3) is 0.400. The Kier molecular flexibility index (Phi) is 4.70. The van der Waals surface area contributed by atoms with Gasteiger partial charge in [0, 0.05) is 0 Å². The molecular weight excluding hydrogens is 268 g/mol. The molecule has 6 nitrogen and oxygen atoms in total. The SMILES string of the molecule is CCc1ccc(Cn2nc(CC(N)=O)nc2C(C)O)cc1. The molecule has 0 aliphatic carbocycles. The molecule has 0 saturated carbocycles. The van der Waals surface area contributed by atoms with Crippen molar-refractivity contribution in [1.82, 2.24) is 14.8 Å². The second kappa shape index (κ2) is 6.49. The Morgan fingerprint density at radius 3 is 2.48 bits per heavy atom. The van der Waals surface area contributed by atoms with Gasteiger partial charge < -0.3 is 10.8 Å². The van der Waals surface area contributed by atoms with Crippen molar-refractivity contribution in [3.63, 3.8) is 0 Å². The highest BCUT2D eigenvalue weighted by Crippen LogP contribution is 2.13. The number of primary amides is 1. The lowest BCUT2D eigenvalue weighted by atomic mass is 10.1. The van der Waals surface area contributed by atoms with E-state index in [0.29, 0.717) is 18.2 Å². The molecule has 1 atom stereocenters. The molecule has 0 radical (unpaired) electrons. The average Bonchev–Trinajstić information content (AvgIpc) is 2.81. The molecular formula is C15H20N4O2. The number of aromatic nitrogens is 3. The van der Waals surface area contributed by atoms with Crippen LogP contribution < -0.4 is 5.73 Å². The summed E-state index contributed by atoms with van der Waals surface area (Å²) in [6, 6.07) is 8.19. The van der Waals surface area contributed by atoms with Crippen molar-refractivity contribution in [3.8, 4) is 0 Å². The van der Waals surface area contributed by atoms with Gasteiger partial charge in [-0.3, -0.25) is 4.79 Å². The average molecular weight is 288 g/mol. The first-order valence-electron chi connectivity index (χ1n) is 6.97. The summed E-state index contributed by atoms with van der Waals surface area (Å²) in [6.45, 7) is 4.22. The Balaban J connectivity index is 2.24. The van der Waals surface area contributed by atoms with E-state index in [1.54, 1.807) is 11.6 Å². The summed E-state index contributed by atoms with van der Waals surface area (Å²) in [7, 11) is 0. The highest BCUT2D eigenvalue weighted by atomic mass is 16.3. The van der Waals surface area contributed by atoms with Gasteiger partial charge in [-0.2, -0.15) is 5.10 Å². The number of aliphatic hydroxyl groups is 1. The van der Waals surface area contributed by atoms with Gasteiger partial charge in [-0.1, -0.05) is 31.2 Å². The maximum absolute atomic E-state index is 11.0. The van der Waals surface area contributed by atoms with E-state index in [9.17, 15) is 9.90 Å². The minimum absolute atomic E-state index is 0.0263. The van der Waals surface area contributed by atoms with Gasteiger partial charge in [0.05, 0.1) is 13.0 Å². The van der Waals surface area contributed by atoms with Crippen LogP contribution in [-0.2, 0) is 24.2 Å². The molecule has 1 heterocycles. The third kappa shape index (κ3) is 3.88. The number of carbonyl (C=O) groups is 1. The molecule has 1 aromatic carbocycles. The first-order valence-corrected chi connectivity index (χ1v) is 6.97. The van der Waals surface area contributed by atoms with Crippen LogP contribution in [0.5, 0.6) is 0 Å². The number of carbonyl (C=O) groups excluding carboxylic acids is 1. The molecule has 2 rings (SSSR count). The summed E-state index contributed by atoms with van der Waals surface area (Å²) >= 11 is 0. The molecule has 0 spiro atoms. The zero-order valence-corrected chi connectivity index (χ0v) is 12.3. The van der Waals surface area contributed by atoms with Crippen LogP contribution >= 0.6 is 0 Å². The number of amides is 1. The van der Waals surface area contributed by atoms with Crippen molar-refractivity contribution in [2.24, 2.45) is 5.73 Å². The molecule has 0 bridgehead atoms. The molecule has 6 heteroatoms. The Hall–Kier alpha value is -2.21. The molecule has 0 aliphatic heterocycles. The summed E-state index contributed by atoms with van der Waals surface area (Å²) < 4.78 is 1.61. The predicted molar refractivity (Wildman–Crippen MR) is 78.5 cm³/mol. The largest absolute Gasteiger partial charge is 0.385 e. The summed E-state index contributed by atoms with van der Waals surface area (Å²) in [5.41, 5.74) is 7.48. The highest BCUT2D eigenvalue weighted by molar-refractivity contribution is 5.75. The van der Waals surface area contributed by atoms with E-state index in [4.69, 9.17) is 5.73 Å². The highest BCUT2D eigenvalue weighted by Gasteiger charge is 2.15. The molecule has 2 aromatic rings. The number of hydrogen-bond donors (Lipinski definition) is 2. The smallest absolute Gasteiger partial charge is 0.225 e. The van der Waals surface area contributed by atoms with E-state index in [1.165, 1.54) is 5.56 Å². The summed E-state index contributed by atoms with van der Waals surface area (Å²) in [6.07, 6.45) is 0.210. The topological polar surface area (TPSA) is 94.0 Å². The van der Waals surface area contributed by atoms with Gasteiger partial charge in [-0.05, 0) is 24.5 Å². The van der Waals surface area contributed by atoms with E-state index >= 15 is 0 Å². The Morgan fingerprint density at radius 1 is 1.33 bits per heavy atom. The van der Waals surface area contributed by atoms with Crippen molar-refractivity contribution < 1.29 is 9.90 Å². The first-order chi connectivity index (χ1) is 9.99. The van der Waals surface area contributed by atoms with Crippen LogP contribution in [0.3, 0.4) is 0 Å². The van der Waals surface area contributed by atoms with Crippen LogP contribution in [0.2, 0.25) is 0 Å². The van der Waals surface area contributed by atoms with Gasteiger partial charge >= 0.3 is 0 Å². The maximum atomic E-state index is 11.0. The number of nitrogens with two attached hydrogens (primary N) is 1. The number of nitrogens with zero attached hydrogens (tertiary/aromatic N) is 3. The van der Waals surface area contributed by atoms with Gasteiger partial charge in [0.15, 0.2) is 11.6 Å². The molecule has 21 heavy (non-hydrogen) atoms. The first kappa shape index (κ1) is 15.2. The number of hydrogen-bond acceptors (Lipinski definition) is 4. The van der Waals surface area contributed by atoms with E-state index in [0.717, 1.165) is 12.0 Å². The monoisotopic (exact) mass is 288 g/mol. The zero-order valence-electron chi connectivity index (χ0n) is 12.3. The maximum Gasteiger partial charge on any atom is 0.225 e. The van der Waals surface area contributed by atoms with Gasteiger partial charge in [-0.15, -0.1) is 0 Å². The zero-order chi connectivity index (χ0) is 15.4. The fourth-order valence-electron chi connectivity index (χ4n) is 2.11. The summed E-state index contributed by atoms with van der Waals surface area (Å²) in [4.78, 5) is 15.1. The Morgan fingerprint density at radius 2 is 1.95 bits per heavy atom. The molecule has 3 N–H and O–H groups in total. The molecule has 0 fully saturated rings. The predicted octanol–water partition coefficient (Wildman–Crippen LogP) is 0.970. The van der Waals surface area contributed by atoms with Gasteiger partial charge in [0.2, 0.25) is 5.91 Å². The standard InChI is InChI=1S/C15H20N4O2/c1-3-11-4-6-12(7-5-11)9-19-15(10(2)20)17-14(18-19)8-13(16)21/h4-7,10,20H,3,8-9H2,1-2H3,(H2,16,21). The number of rotatable bonds is 6. The normalized spacial score (nSPS) is 12.3. The van der Waals surface area contributed by atoms with Crippen molar-refractivity contribution in [2.75, 3.05) is 0 Å². The minimum Gasteiger partial charge on any atom is -0.385 e. The van der Waals surface area contributed by atoms with E-state index in [1.807, 2.05) is 12.1 Å². The summed E-state index contributed by atoms with van der Waals surface area (Å²) in [5.74, 6) is 0.283. The summed E-state index contributed by atoms with van der Waals surface area (Å²) in [5, 5.41) is 14.0. The lowest BCUT2D eigenvalue weighted by molar-refractivity contribution is -0.117. The van der Waals surface area contributed by atoms with Gasteiger partial charge in [-0.25, -0.2) is 9.67 Å². The lowest BCUT2D eigenvalue weighted by Gasteiger charge is -2.08. The molecule has 1 amide bonds. The second-order valence-electron chi connectivity index (χ2n) is 5.03. The molecule has 1 aromatic heterocycles. The van der Waals surface area contributed by atoms with Crippen molar-refractivity contribution >= 4 is 5.91 Å². The Labute approximate surface area is 123 Å². The molecule has 0 aliphatic rings. The van der Waals surface area contributed by atoms with Crippen LogP contribution in [0.15, 0.2) is 24.3 Å². The van der Waals surface area contributed by atoms with Crippen molar-refractivity contribution in [1.29, 1.82) is 0 Å². The van der Waals surface area contributed by atoms with Crippen LogP contribution in [0.1, 0.15) is 42.7 Å². The van der Waals surface area contributed by atoms with Crippen LogP contribution in [0.4, 0.5) is 0 Å². The number of aryl methyl sites for hydroxylation is 1. The minimum atomic E-state index is -0.756. The second-order valence-corrected chi connectivity index (χ2v) is 5.03. The molecule has 112 valence electrons. The molecule has 1 unspecified atom stereocenters. The molecule has 0 saturated heterocycles. The van der Waals surface area contributed by atoms with E-state index < -0.39 is 12.0 Å².